The number of halogens is 1. The van der Waals surface area contributed by atoms with E-state index in [0.29, 0.717) is 18.9 Å². The van der Waals surface area contributed by atoms with Gasteiger partial charge in [0.1, 0.15) is 22.3 Å². The number of rotatable bonds is 8. The number of anilines is 2. The van der Waals surface area contributed by atoms with E-state index in [-0.39, 0.29) is 29.2 Å². The summed E-state index contributed by atoms with van der Waals surface area (Å²) in [6.45, 7) is 6.14. The van der Waals surface area contributed by atoms with Gasteiger partial charge in [0.25, 0.3) is 0 Å². The Labute approximate surface area is 250 Å². The summed E-state index contributed by atoms with van der Waals surface area (Å²) in [5.41, 5.74) is 8.37. The molecule has 0 aromatic carbocycles. The lowest BCUT2D eigenvalue weighted by Crippen LogP contribution is -2.49. The van der Waals surface area contributed by atoms with Crippen molar-refractivity contribution in [1.29, 1.82) is 0 Å². The Kier molecular flexibility index (Phi) is 7.90. The summed E-state index contributed by atoms with van der Waals surface area (Å²) in [5, 5.41) is 8.10. The van der Waals surface area contributed by atoms with E-state index in [1.54, 1.807) is 4.31 Å². The highest BCUT2D eigenvalue weighted by molar-refractivity contribution is 7.89. The van der Waals surface area contributed by atoms with Crippen molar-refractivity contribution in [3.05, 3.63) is 48.2 Å². The number of ether oxygens (including phenoxy) is 1. The normalized spacial score (nSPS) is 28.4. The number of nitrogens with zero attached hydrogens (tertiary/aromatic N) is 5. The number of fused-ring (bicyclic) bond motifs is 3. The fourth-order valence-electron chi connectivity index (χ4n) is 6.91. The maximum atomic E-state index is 13.8. The number of hydrazine groups is 1. The smallest absolute Gasteiger partial charge is 0.245 e. The Morgan fingerprint density at radius 3 is 2.53 bits per heavy atom. The first-order chi connectivity index (χ1) is 20.8. The Balaban J connectivity index is 1.14. The number of pyridine rings is 3. The highest BCUT2D eigenvalue weighted by Gasteiger charge is 2.47. The van der Waals surface area contributed by atoms with Gasteiger partial charge in [0.05, 0.1) is 36.8 Å². The summed E-state index contributed by atoms with van der Waals surface area (Å²) in [4.78, 5) is 16.1. The lowest BCUT2D eigenvalue weighted by atomic mass is 9.99. The molecule has 7 heterocycles. The van der Waals surface area contributed by atoms with Crippen LogP contribution in [0.25, 0.3) is 10.9 Å². The van der Waals surface area contributed by atoms with Crippen LogP contribution in [-0.2, 0) is 21.3 Å². The molecule has 3 aromatic rings. The van der Waals surface area contributed by atoms with Crippen molar-refractivity contribution in [3.63, 3.8) is 0 Å². The van der Waals surface area contributed by atoms with E-state index in [9.17, 15) is 12.8 Å². The molecule has 4 aliphatic rings. The van der Waals surface area contributed by atoms with Crippen LogP contribution < -0.4 is 21.5 Å². The van der Waals surface area contributed by atoms with Crippen LogP contribution in [0.3, 0.4) is 0 Å². The maximum absolute atomic E-state index is 13.8. The van der Waals surface area contributed by atoms with Crippen LogP contribution in [0.5, 0.6) is 0 Å². The molecule has 43 heavy (non-hydrogen) atoms. The third-order valence-electron chi connectivity index (χ3n) is 8.91. The number of nitrogens with one attached hydrogen (secondary N) is 4. The van der Waals surface area contributed by atoms with Crippen LogP contribution in [0.1, 0.15) is 44.7 Å². The van der Waals surface area contributed by atoms with E-state index in [4.69, 9.17) is 14.7 Å². The predicted octanol–water partition coefficient (Wildman–Crippen LogP) is 2.42. The molecule has 4 aliphatic heterocycles. The summed E-state index contributed by atoms with van der Waals surface area (Å²) in [5.74, 6) is 0.802. The largest absolute Gasteiger partial charge is 0.379 e. The quantitative estimate of drug-likeness (QED) is 0.299. The number of aromatic nitrogens is 3. The molecule has 14 heteroatoms. The number of hydrogen-bond donors (Lipinski definition) is 4. The second-order valence-corrected chi connectivity index (χ2v) is 14.0. The second-order valence-electron chi connectivity index (χ2n) is 12.1. The minimum absolute atomic E-state index is 0.0276. The van der Waals surface area contributed by atoms with Crippen LogP contribution in [0.4, 0.5) is 16.0 Å². The van der Waals surface area contributed by atoms with E-state index >= 15 is 0 Å². The first-order valence-electron chi connectivity index (χ1n) is 15.1. The van der Waals surface area contributed by atoms with Gasteiger partial charge in [0, 0.05) is 61.5 Å². The minimum Gasteiger partial charge on any atom is -0.379 e. The summed E-state index contributed by atoms with van der Waals surface area (Å²) in [6.07, 6.45) is 5.99. The van der Waals surface area contributed by atoms with Crippen molar-refractivity contribution >= 4 is 32.6 Å². The third-order valence-corrected chi connectivity index (χ3v) is 10.9. The van der Waals surface area contributed by atoms with Crippen molar-refractivity contribution in [2.45, 2.75) is 80.8 Å². The standard InChI is InChI=1S/C29H38FN9O3S/c1-18-10-28(37-36-18)34-27-14-26-25(5-2-20(32-26)17-38-6-8-42-9-7-38)29(35-27)33-21-12-22-3-4-23(13-21)39(22)43(40,41)24-11-19(30)15-31-16-24/h2,5,11,14-16,18,21-23,28,36-37H,3-4,6-10,12-13,17H2,1H3,(H2,33,34,35)/t18?,21?,22-,23+,28?. The number of hydrogen-bond acceptors (Lipinski definition) is 11. The molecule has 3 unspecified atom stereocenters. The molecule has 5 atom stereocenters. The van der Waals surface area contributed by atoms with Crippen LogP contribution in [0.15, 0.2) is 41.6 Å². The molecule has 2 bridgehead atoms. The van der Waals surface area contributed by atoms with E-state index in [0.717, 1.165) is 92.6 Å². The van der Waals surface area contributed by atoms with Gasteiger partial charge in [-0.2, -0.15) is 4.31 Å². The predicted molar refractivity (Wildman–Crippen MR) is 160 cm³/mol. The SMILES string of the molecule is CC1CC(Nc2cc3nc(CN4CCOCC4)ccc3c(NC3C[C@H]4CC[C@@H](C3)N4S(=O)(=O)c3cncc(F)c3)n2)NN1. The van der Waals surface area contributed by atoms with Gasteiger partial charge in [0.15, 0.2) is 0 Å². The Hall–Kier alpha value is -3.01. The average molecular weight is 612 g/mol. The molecular formula is C29H38FN9O3S. The zero-order chi connectivity index (χ0) is 29.6. The molecule has 4 fully saturated rings. The van der Waals surface area contributed by atoms with Crippen LogP contribution in [-0.4, -0.2) is 89.2 Å². The zero-order valence-corrected chi connectivity index (χ0v) is 25.0. The lowest BCUT2D eigenvalue weighted by Gasteiger charge is -2.38. The molecule has 230 valence electrons. The first-order valence-corrected chi connectivity index (χ1v) is 16.5. The Bertz CT molecular complexity index is 1570. The van der Waals surface area contributed by atoms with E-state index in [2.05, 4.69) is 50.4 Å². The maximum Gasteiger partial charge on any atom is 0.245 e. The Morgan fingerprint density at radius 1 is 1.02 bits per heavy atom. The minimum atomic E-state index is -3.85. The fourth-order valence-corrected chi connectivity index (χ4v) is 8.78. The van der Waals surface area contributed by atoms with Gasteiger partial charge in [-0.1, -0.05) is 0 Å². The third kappa shape index (κ3) is 6.04. The molecule has 4 N–H and O–H groups in total. The molecular weight excluding hydrogens is 573 g/mol. The molecule has 0 spiro atoms. The van der Waals surface area contributed by atoms with Crippen molar-refractivity contribution in [2.24, 2.45) is 0 Å². The summed E-state index contributed by atoms with van der Waals surface area (Å²) in [6, 6.07) is 7.22. The zero-order valence-electron chi connectivity index (χ0n) is 24.2. The van der Waals surface area contributed by atoms with E-state index in [1.165, 1.54) is 6.20 Å². The second kappa shape index (κ2) is 11.8. The van der Waals surface area contributed by atoms with Crippen molar-refractivity contribution in [2.75, 3.05) is 36.9 Å². The molecule has 0 amide bonds. The van der Waals surface area contributed by atoms with Gasteiger partial charge < -0.3 is 15.4 Å². The van der Waals surface area contributed by atoms with E-state index < -0.39 is 15.8 Å². The van der Waals surface area contributed by atoms with Crippen molar-refractivity contribution in [1.82, 2.24) is 35.0 Å². The van der Waals surface area contributed by atoms with Gasteiger partial charge in [0.2, 0.25) is 10.0 Å². The first kappa shape index (κ1) is 28.7. The van der Waals surface area contributed by atoms with Crippen LogP contribution >= 0.6 is 0 Å². The fraction of sp³-hybridized carbons (Fsp3) is 0.552. The molecule has 3 aromatic heterocycles. The van der Waals surface area contributed by atoms with Crippen molar-refractivity contribution in [3.8, 4) is 0 Å². The van der Waals surface area contributed by atoms with E-state index in [1.807, 2.05) is 6.07 Å². The molecule has 12 nitrogen and oxygen atoms in total. The highest BCUT2D eigenvalue weighted by Crippen LogP contribution is 2.41. The highest BCUT2D eigenvalue weighted by atomic mass is 32.2. The summed E-state index contributed by atoms with van der Waals surface area (Å²) < 4.78 is 47.9. The van der Waals surface area contributed by atoms with Crippen LogP contribution in [0.2, 0.25) is 0 Å². The molecule has 7 rings (SSSR count). The topological polar surface area (TPSA) is 137 Å². The monoisotopic (exact) mass is 611 g/mol. The van der Waals surface area contributed by atoms with Gasteiger partial charge in [-0.3, -0.25) is 20.3 Å². The molecule has 0 radical (unpaired) electrons. The van der Waals surface area contributed by atoms with Gasteiger partial charge in [-0.05, 0) is 57.2 Å². The Morgan fingerprint density at radius 2 is 1.81 bits per heavy atom. The summed E-state index contributed by atoms with van der Waals surface area (Å²) >= 11 is 0. The molecule has 0 aliphatic carbocycles. The molecule has 0 saturated carbocycles. The average Bonchev–Trinajstić information content (AvgIpc) is 3.53. The van der Waals surface area contributed by atoms with Gasteiger partial charge >= 0.3 is 0 Å². The van der Waals surface area contributed by atoms with Crippen molar-refractivity contribution < 1.29 is 17.5 Å². The number of piperidine rings is 1. The lowest BCUT2D eigenvalue weighted by molar-refractivity contribution is 0.0337. The number of morpholine rings is 1. The van der Waals surface area contributed by atoms with Gasteiger partial charge in [-0.15, -0.1) is 0 Å². The van der Waals surface area contributed by atoms with Crippen LogP contribution in [0, 0.1) is 5.82 Å². The summed E-state index contributed by atoms with van der Waals surface area (Å²) in [7, 11) is -3.85. The number of sulfonamides is 1. The molecule has 4 saturated heterocycles. The van der Waals surface area contributed by atoms with Gasteiger partial charge in [-0.25, -0.2) is 23.2 Å².